The Kier molecular flexibility index (Phi) is 3.95. The highest BCUT2D eigenvalue weighted by Crippen LogP contribution is 2.21. The highest BCUT2D eigenvalue weighted by atomic mass is 16.5. The molecule has 1 aromatic carbocycles. The van der Waals surface area contributed by atoms with Gasteiger partial charge in [0.05, 0.1) is 5.56 Å². The van der Waals surface area contributed by atoms with Crippen molar-refractivity contribution in [3.63, 3.8) is 0 Å². The molecule has 3 nitrogen and oxygen atoms in total. The van der Waals surface area contributed by atoms with Gasteiger partial charge in [0.1, 0.15) is 12.4 Å². The van der Waals surface area contributed by atoms with E-state index >= 15 is 0 Å². The van der Waals surface area contributed by atoms with Crippen molar-refractivity contribution >= 4 is 5.78 Å². The summed E-state index contributed by atoms with van der Waals surface area (Å²) in [6, 6.07) is 7.66. The number of ether oxygens (including phenoxy) is 1. The summed E-state index contributed by atoms with van der Waals surface area (Å²) in [5.41, 5.74) is 3.77. The van der Waals surface area contributed by atoms with Crippen LogP contribution in [0.4, 0.5) is 0 Å². The van der Waals surface area contributed by atoms with Crippen LogP contribution in [0.5, 0.6) is 5.75 Å². The third-order valence-electron chi connectivity index (χ3n) is 2.84. The van der Waals surface area contributed by atoms with E-state index in [1.165, 1.54) is 0 Å². The van der Waals surface area contributed by atoms with Crippen LogP contribution in [0.1, 0.15) is 34.0 Å². The molecule has 1 heterocycles. The van der Waals surface area contributed by atoms with E-state index in [2.05, 4.69) is 4.98 Å². The second-order valence-electron chi connectivity index (χ2n) is 4.72. The van der Waals surface area contributed by atoms with Gasteiger partial charge in [0, 0.05) is 18.0 Å². The summed E-state index contributed by atoms with van der Waals surface area (Å²) in [6.07, 6.45) is 3.57. The molecule has 0 saturated heterocycles. The summed E-state index contributed by atoms with van der Waals surface area (Å²) in [4.78, 5) is 15.7. The van der Waals surface area contributed by atoms with Crippen molar-refractivity contribution in [2.45, 2.75) is 27.4 Å². The lowest BCUT2D eigenvalue weighted by atomic mass is 10.1. The van der Waals surface area contributed by atoms with Gasteiger partial charge in [-0.3, -0.25) is 9.78 Å². The third kappa shape index (κ3) is 3.41. The van der Waals surface area contributed by atoms with Gasteiger partial charge < -0.3 is 4.74 Å². The van der Waals surface area contributed by atoms with Gasteiger partial charge in [0.2, 0.25) is 0 Å². The van der Waals surface area contributed by atoms with Crippen LogP contribution in [-0.4, -0.2) is 10.8 Å². The molecule has 0 amide bonds. The largest absolute Gasteiger partial charge is 0.488 e. The van der Waals surface area contributed by atoms with E-state index in [1.54, 1.807) is 19.3 Å². The molecule has 0 aliphatic carbocycles. The average molecular weight is 255 g/mol. The zero-order chi connectivity index (χ0) is 13.8. The number of pyridine rings is 1. The van der Waals surface area contributed by atoms with Crippen molar-refractivity contribution in [3.05, 3.63) is 58.9 Å². The number of carbonyl (C=O) groups is 1. The third-order valence-corrected chi connectivity index (χ3v) is 2.84. The minimum absolute atomic E-state index is 0.0149. The standard InChI is InChI=1S/C16H17NO2/c1-11-4-5-16(15(7-11)13(3)18)19-10-14-6-12(2)8-17-9-14/h4-9H,10H2,1-3H3. The van der Waals surface area contributed by atoms with E-state index in [1.807, 2.05) is 38.1 Å². The van der Waals surface area contributed by atoms with Gasteiger partial charge in [0.25, 0.3) is 0 Å². The molecular weight excluding hydrogens is 238 g/mol. The molecule has 1 aromatic heterocycles. The fraction of sp³-hybridized carbons (Fsp3) is 0.250. The van der Waals surface area contributed by atoms with Crippen LogP contribution in [0, 0.1) is 13.8 Å². The van der Waals surface area contributed by atoms with Crippen molar-refractivity contribution in [1.82, 2.24) is 4.98 Å². The summed E-state index contributed by atoms with van der Waals surface area (Å²) in [6.45, 7) is 5.91. The predicted molar refractivity (Wildman–Crippen MR) is 74.5 cm³/mol. The highest BCUT2D eigenvalue weighted by Gasteiger charge is 2.09. The van der Waals surface area contributed by atoms with Crippen molar-refractivity contribution in [2.24, 2.45) is 0 Å². The number of nitrogens with zero attached hydrogens (tertiary/aromatic N) is 1. The first-order valence-electron chi connectivity index (χ1n) is 6.21. The van der Waals surface area contributed by atoms with E-state index < -0.39 is 0 Å². The van der Waals surface area contributed by atoms with Crippen molar-refractivity contribution in [2.75, 3.05) is 0 Å². The van der Waals surface area contributed by atoms with Gasteiger partial charge in [-0.1, -0.05) is 11.6 Å². The number of aromatic nitrogens is 1. The first-order chi connectivity index (χ1) is 9.06. The van der Waals surface area contributed by atoms with Gasteiger partial charge in [0.15, 0.2) is 5.78 Å². The SMILES string of the molecule is CC(=O)c1cc(C)ccc1OCc1cncc(C)c1. The lowest BCUT2D eigenvalue weighted by Gasteiger charge is -2.10. The number of rotatable bonds is 4. The second-order valence-corrected chi connectivity index (χ2v) is 4.72. The molecule has 0 radical (unpaired) electrons. The maximum atomic E-state index is 11.6. The molecule has 0 aliphatic rings. The zero-order valence-electron chi connectivity index (χ0n) is 11.4. The van der Waals surface area contributed by atoms with E-state index in [-0.39, 0.29) is 5.78 Å². The van der Waals surface area contributed by atoms with Crippen LogP contribution in [-0.2, 0) is 6.61 Å². The molecule has 0 aliphatic heterocycles. The van der Waals surface area contributed by atoms with Crippen molar-refractivity contribution < 1.29 is 9.53 Å². The number of hydrogen-bond acceptors (Lipinski definition) is 3. The molecule has 0 fully saturated rings. The maximum Gasteiger partial charge on any atom is 0.163 e. The fourth-order valence-corrected chi connectivity index (χ4v) is 1.90. The molecular formula is C16H17NO2. The molecule has 2 rings (SSSR count). The summed E-state index contributed by atoms with van der Waals surface area (Å²) in [5.74, 6) is 0.640. The normalized spacial score (nSPS) is 10.3. The van der Waals surface area contributed by atoms with E-state index in [4.69, 9.17) is 4.74 Å². The van der Waals surface area contributed by atoms with Crippen LogP contribution >= 0.6 is 0 Å². The van der Waals surface area contributed by atoms with E-state index in [0.717, 1.165) is 16.7 Å². The topological polar surface area (TPSA) is 39.2 Å². The summed E-state index contributed by atoms with van der Waals surface area (Å²) in [7, 11) is 0. The zero-order valence-corrected chi connectivity index (χ0v) is 11.4. The number of aryl methyl sites for hydroxylation is 2. The second kappa shape index (κ2) is 5.65. The van der Waals surface area contributed by atoms with Crippen LogP contribution in [0.3, 0.4) is 0 Å². The fourth-order valence-electron chi connectivity index (χ4n) is 1.90. The lowest BCUT2D eigenvalue weighted by molar-refractivity contribution is 0.101. The van der Waals surface area contributed by atoms with Gasteiger partial charge >= 0.3 is 0 Å². The number of hydrogen-bond donors (Lipinski definition) is 0. The molecule has 2 aromatic rings. The Hall–Kier alpha value is -2.16. The Morgan fingerprint density at radius 1 is 1.16 bits per heavy atom. The number of Topliss-reactive ketones (excluding diaryl/α,β-unsaturated/α-hetero) is 1. The summed E-state index contributed by atoms with van der Waals surface area (Å²) in [5, 5.41) is 0. The first kappa shape index (κ1) is 13.3. The molecule has 0 saturated carbocycles. The number of benzene rings is 1. The maximum absolute atomic E-state index is 11.6. The molecule has 0 bridgehead atoms. The summed E-state index contributed by atoms with van der Waals surface area (Å²) >= 11 is 0. The molecule has 0 atom stereocenters. The molecule has 19 heavy (non-hydrogen) atoms. The minimum atomic E-state index is 0.0149. The molecule has 0 N–H and O–H groups in total. The lowest BCUT2D eigenvalue weighted by Crippen LogP contribution is -2.02. The number of ketones is 1. The Labute approximate surface area is 113 Å². The van der Waals surface area contributed by atoms with E-state index in [9.17, 15) is 4.79 Å². The van der Waals surface area contributed by atoms with Crippen molar-refractivity contribution in [1.29, 1.82) is 0 Å². The van der Waals surface area contributed by atoms with Crippen LogP contribution in [0.2, 0.25) is 0 Å². The highest BCUT2D eigenvalue weighted by molar-refractivity contribution is 5.97. The van der Waals surface area contributed by atoms with Gasteiger partial charge in [-0.2, -0.15) is 0 Å². The smallest absolute Gasteiger partial charge is 0.163 e. The molecule has 0 unspecified atom stereocenters. The van der Waals surface area contributed by atoms with Crippen LogP contribution in [0.25, 0.3) is 0 Å². The molecule has 98 valence electrons. The van der Waals surface area contributed by atoms with Gasteiger partial charge in [-0.15, -0.1) is 0 Å². The summed E-state index contributed by atoms with van der Waals surface area (Å²) < 4.78 is 5.73. The average Bonchev–Trinajstić information content (AvgIpc) is 2.37. The minimum Gasteiger partial charge on any atom is -0.488 e. The van der Waals surface area contributed by atoms with Crippen molar-refractivity contribution in [3.8, 4) is 5.75 Å². The Morgan fingerprint density at radius 2 is 1.95 bits per heavy atom. The Morgan fingerprint density at radius 3 is 2.63 bits per heavy atom. The Balaban J connectivity index is 2.17. The molecule has 3 heteroatoms. The monoisotopic (exact) mass is 255 g/mol. The van der Waals surface area contributed by atoms with Crippen LogP contribution < -0.4 is 4.74 Å². The number of carbonyl (C=O) groups excluding carboxylic acids is 1. The van der Waals surface area contributed by atoms with E-state index in [0.29, 0.717) is 17.9 Å². The quantitative estimate of drug-likeness (QED) is 0.785. The predicted octanol–water partition coefficient (Wildman–Crippen LogP) is 3.48. The Bertz CT molecular complexity index is 605. The van der Waals surface area contributed by atoms with Gasteiger partial charge in [-0.05, 0) is 44.5 Å². The van der Waals surface area contributed by atoms with Crippen LogP contribution in [0.15, 0.2) is 36.7 Å². The first-order valence-corrected chi connectivity index (χ1v) is 6.21. The molecule has 0 spiro atoms. The van der Waals surface area contributed by atoms with Gasteiger partial charge in [-0.25, -0.2) is 0 Å².